The first-order valence-corrected chi connectivity index (χ1v) is 9.31. The number of nitrogens with zero attached hydrogens (tertiary/aromatic N) is 3. The lowest BCUT2D eigenvalue weighted by Crippen LogP contribution is -2.33. The van der Waals surface area contributed by atoms with Gasteiger partial charge in [0.15, 0.2) is 5.65 Å². The molecular weight excluding hydrogens is 357 g/mol. The number of hydrogen-bond donors (Lipinski definition) is 1. The van der Waals surface area contributed by atoms with Crippen molar-refractivity contribution in [3.05, 3.63) is 17.8 Å². The number of rotatable bonds is 5. The number of imidazole rings is 1. The third-order valence-corrected chi connectivity index (χ3v) is 5.98. The number of aromatic nitrogens is 3. The van der Waals surface area contributed by atoms with Crippen LogP contribution in [-0.4, -0.2) is 20.4 Å². The van der Waals surface area contributed by atoms with Gasteiger partial charge in [-0.05, 0) is 36.8 Å². The average molecular weight is 382 g/mol. The molecule has 1 aliphatic rings. The molecule has 0 saturated heterocycles. The standard InChI is InChI=1S/C19H25F3N4O/c1-5-18(3,4)11(2)16(27)25-17-23-13-9-10-14(19(20,21)22)24-15(13)26(17)12-7-6-8-12/h9-12H,5-8H2,1-4H3,(H,23,25,27)/t11-/m1/s1. The Morgan fingerprint density at radius 2 is 1.96 bits per heavy atom. The van der Waals surface area contributed by atoms with Crippen LogP contribution < -0.4 is 5.32 Å². The summed E-state index contributed by atoms with van der Waals surface area (Å²) in [6, 6.07) is 2.25. The van der Waals surface area contributed by atoms with Gasteiger partial charge in [-0.3, -0.25) is 14.7 Å². The van der Waals surface area contributed by atoms with Crippen molar-refractivity contribution in [1.82, 2.24) is 14.5 Å². The van der Waals surface area contributed by atoms with Crippen LogP contribution in [0.2, 0.25) is 0 Å². The number of halogens is 3. The number of carbonyl (C=O) groups excluding carboxylic acids is 1. The quantitative estimate of drug-likeness (QED) is 0.774. The van der Waals surface area contributed by atoms with Crippen LogP contribution in [0.1, 0.15) is 65.1 Å². The number of carbonyl (C=O) groups is 1. The van der Waals surface area contributed by atoms with Gasteiger partial charge in [-0.2, -0.15) is 13.2 Å². The number of nitrogens with one attached hydrogen (secondary N) is 1. The first-order chi connectivity index (χ1) is 12.5. The maximum absolute atomic E-state index is 13.1. The maximum Gasteiger partial charge on any atom is 0.433 e. The normalized spacial score (nSPS) is 17.0. The van der Waals surface area contributed by atoms with Crippen molar-refractivity contribution >= 4 is 23.0 Å². The van der Waals surface area contributed by atoms with Crippen molar-refractivity contribution in [3.8, 4) is 0 Å². The molecule has 0 unspecified atom stereocenters. The van der Waals surface area contributed by atoms with Gasteiger partial charge >= 0.3 is 6.18 Å². The zero-order chi connectivity index (χ0) is 20.0. The lowest BCUT2D eigenvalue weighted by molar-refractivity contribution is -0.141. The molecule has 1 fully saturated rings. The predicted molar refractivity (Wildman–Crippen MR) is 97.3 cm³/mol. The molecule has 3 rings (SSSR count). The molecule has 1 aliphatic carbocycles. The Morgan fingerprint density at radius 1 is 1.30 bits per heavy atom. The number of pyridine rings is 1. The van der Waals surface area contributed by atoms with E-state index in [1.165, 1.54) is 6.07 Å². The van der Waals surface area contributed by atoms with E-state index in [2.05, 4.69) is 15.3 Å². The largest absolute Gasteiger partial charge is 0.433 e. The number of amides is 1. The van der Waals surface area contributed by atoms with E-state index >= 15 is 0 Å². The summed E-state index contributed by atoms with van der Waals surface area (Å²) < 4.78 is 40.9. The summed E-state index contributed by atoms with van der Waals surface area (Å²) in [5.74, 6) is -0.171. The lowest BCUT2D eigenvalue weighted by Gasteiger charge is -2.31. The van der Waals surface area contributed by atoms with E-state index in [0.29, 0.717) is 5.52 Å². The van der Waals surface area contributed by atoms with Gasteiger partial charge in [0, 0.05) is 12.0 Å². The molecule has 2 heterocycles. The third-order valence-electron chi connectivity index (χ3n) is 5.98. The van der Waals surface area contributed by atoms with Crippen LogP contribution in [0.15, 0.2) is 12.1 Å². The molecule has 148 valence electrons. The van der Waals surface area contributed by atoms with Crippen molar-refractivity contribution in [2.45, 2.75) is 65.6 Å². The van der Waals surface area contributed by atoms with Gasteiger partial charge in [-0.1, -0.05) is 34.1 Å². The summed E-state index contributed by atoms with van der Waals surface area (Å²) in [7, 11) is 0. The number of alkyl halides is 3. The summed E-state index contributed by atoms with van der Waals surface area (Å²) in [6.45, 7) is 7.91. The second-order valence-electron chi connectivity index (χ2n) is 7.98. The van der Waals surface area contributed by atoms with Crippen LogP contribution in [0, 0.1) is 11.3 Å². The molecule has 27 heavy (non-hydrogen) atoms. The van der Waals surface area contributed by atoms with Gasteiger partial charge in [-0.25, -0.2) is 9.97 Å². The van der Waals surface area contributed by atoms with E-state index in [9.17, 15) is 18.0 Å². The Labute approximate surface area is 156 Å². The van der Waals surface area contributed by atoms with Gasteiger partial charge < -0.3 is 0 Å². The molecule has 0 aliphatic heterocycles. The molecule has 1 atom stereocenters. The highest BCUT2D eigenvalue weighted by Crippen LogP contribution is 2.38. The molecule has 5 nitrogen and oxygen atoms in total. The summed E-state index contributed by atoms with van der Waals surface area (Å²) in [6.07, 6.45) is -1.02. The average Bonchev–Trinajstić information content (AvgIpc) is 2.89. The van der Waals surface area contributed by atoms with Crippen LogP contribution in [-0.2, 0) is 11.0 Å². The molecule has 1 N–H and O–H groups in total. The van der Waals surface area contributed by atoms with Gasteiger partial charge in [0.1, 0.15) is 11.2 Å². The molecule has 8 heteroatoms. The SMILES string of the molecule is CCC(C)(C)[C@H](C)C(=O)Nc1nc2ccc(C(F)(F)F)nc2n1C1CCC1. The monoisotopic (exact) mass is 382 g/mol. The Kier molecular flexibility index (Phi) is 4.94. The first-order valence-electron chi connectivity index (χ1n) is 9.31. The van der Waals surface area contributed by atoms with Crippen LogP contribution in [0.5, 0.6) is 0 Å². The molecule has 0 radical (unpaired) electrons. The fourth-order valence-corrected chi connectivity index (χ4v) is 3.09. The third kappa shape index (κ3) is 3.66. The second-order valence-corrected chi connectivity index (χ2v) is 7.98. The molecule has 0 bridgehead atoms. The van der Waals surface area contributed by atoms with Crippen molar-refractivity contribution in [2.75, 3.05) is 5.32 Å². The van der Waals surface area contributed by atoms with Gasteiger partial charge in [0.05, 0.1) is 0 Å². The van der Waals surface area contributed by atoms with Crippen LogP contribution in [0.25, 0.3) is 11.2 Å². The Balaban J connectivity index is 2.01. The van der Waals surface area contributed by atoms with E-state index in [-0.39, 0.29) is 34.9 Å². The van der Waals surface area contributed by atoms with Crippen LogP contribution in [0.4, 0.5) is 19.1 Å². The minimum atomic E-state index is -4.52. The van der Waals surface area contributed by atoms with E-state index in [1.54, 1.807) is 4.57 Å². The molecular formula is C19H25F3N4O. The minimum absolute atomic E-state index is 0.00998. The maximum atomic E-state index is 13.1. The minimum Gasteiger partial charge on any atom is -0.296 e. The zero-order valence-electron chi connectivity index (χ0n) is 16.0. The number of hydrogen-bond acceptors (Lipinski definition) is 3. The molecule has 0 aromatic carbocycles. The highest BCUT2D eigenvalue weighted by molar-refractivity contribution is 5.93. The van der Waals surface area contributed by atoms with Crippen molar-refractivity contribution in [3.63, 3.8) is 0 Å². The van der Waals surface area contributed by atoms with E-state index in [1.807, 2.05) is 27.7 Å². The lowest BCUT2D eigenvalue weighted by atomic mass is 9.77. The number of fused-ring (bicyclic) bond motifs is 1. The second kappa shape index (κ2) is 6.80. The first kappa shape index (κ1) is 19.6. The highest BCUT2D eigenvalue weighted by Gasteiger charge is 2.35. The van der Waals surface area contributed by atoms with E-state index < -0.39 is 11.9 Å². The zero-order valence-corrected chi connectivity index (χ0v) is 16.0. The van der Waals surface area contributed by atoms with Crippen LogP contribution in [0.3, 0.4) is 0 Å². The smallest absolute Gasteiger partial charge is 0.296 e. The topological polar surface area (TPSA) is 59.8 Å². The molecule has 0 spiro atoms. The van der Waals surface area contributed by atoms with E-state index in [0.717, 1.165) is 31.7 Å². The molecule has 2 aromatic rings. The van der Waals surface area contributed by atoms with Crippen LogP contribution >= 0.6 is 0 Å². The van der Waals surface area contributed by atoms with Crippen molar-refractivity contribution in [1.29, 1.82) is 0 Å². The molecule has 2 aromatic heterocycles. The number of anilines is 1. The van der Waals surface area contributed by atoms with Gasteiger partial charge in [-0.15, -0.1) is 0 Å². The van der Waals surface area contributed by atoms with Crippen molar-refractivity contribution < 1.29 is 18.0 Å². The van der Waals surface area contributed by atoms with Crippen molar-refractivity contribution in [2.24, 2.45) is 11.3 Å². The van der Waals surface area contributed by atoms with Gasteiger partial charge in [0.2, 0.25) is 11.9 Å². The summed E-state index contributed by atoms with van der Waals surface area (Å²) in [5.41, 5.74) is -0.618. The highest BCUT2D eigenvalue weighted by atomic mass is 19.4. The molecule has 1 amide bonds. The Hall–Kier alpha value is -2.12. The summed E-state index contributed by atoms with van der Waals surface area (Å²) in [5, 5.41) is 2.84. The Morgan fingerprint density at radius 3 is 2.48 bits per heavy atom. The fourth-order valence-electron chi connectivity index (χ4n) is 3.09. The van der Waals surface area contributed by atoms with Gasteiger partial charge in [0.25, 0.3) is 0 Å². The summed E-state index contributed by atoms with van der Waals surface area (Å²) >= 11 is 0. The fraction of sp³-hybridized carbons (Fsp3) is 0.632. The Bertz CT molecular complexity index is 852. The van der Waals surface area contributed by atoms with E-state index in [4.69, 9.17) is 0 Å². The summed E-state index contributed by atoms with van der Waals surface area (Å²) in [4.78, 5) is 20.9. The predicted octanol–water partition coefficient (Wildman–Crippen LogP) is 5.19. The molecule has 1 saturated carbocycles.